The van der Waals surface area contributed by atoms with E-state index in [1.54, 1.807) is 29.2 Å². The fraction of sp³-hybridized carbons (Fsp3) is 0.409. The summed E-state index contributed by atoms with van der Waals surface area (Å²) < 4.78 is 6.75. The first-order valence-corrected chi connectivity index (χ1v) is 10.7. The highest BCUT2D eigenvalue weighted by Crippen LogP contribution is 2.22. The van der Waals surface area contributed by atoms with Crippen molar-refractivity contribution in [2.24, 2.45) is 0 Å². The van der Waals surface area contributed by atoms with E-state index in [1.807, 2.05) is 39.8 Å². The number of carbonyl (C=O) groups excluding carboxylic acids is 1. The Morgan fingerprint density at radius 3 is 2.43 bits per heavy atom. The first-order chi connectivity index (χ1) is 13.0. The summed E-state index contributed by atoms with van der Waals surface area (Å²) in [5.74, 6) is 0. The molecule has 0 radical (unpaired) electrons. The zero-order valence-corrected chi connectivity index (χ0v) is 19.6. The molecule has 4 nitrogen and oxygen atoms in total. The quantitative estimate of drug-likeness (QED) is 0.491. The van der Waals surface area contributed by atoms with Crippen molar-refractivity contribution in [3.63, 3.8) is 0 Å². The van der Waals surface area contributed by atoms with Crippen LogP contribution in [0.1, 0.15) is 44.9 Å². The lowest BCUT2D eigenvalue weighted by Crippen LogP contribution is -2.45. The van der Waals surface area contributed by atoms with Crippen LogP contribution in [0.2, 0.25) is 5.02 Å². The number of aliphatic hydroxyl groups excluding tert-OH is 1. The minimum atomic E-state index is -0.856. The van der Waals surface area contributed by atoms with Crippen molar-refractivity contribution in [1.82, 2.24) is 4.90 Å². The SMILES string of the molecule is C[C@H](Cc1ccc(I)cc1)N(C[C@H](O)c1cccc(Cl)c1)C(=O)OC(C)(C)C. The molecule has 0 aliphatic carbocycles. The molecule has 0 spiro atoms. The molecule has 0 saturated heterocycles. The number of hydrogen-bond donors (Lipinski definition) is 1. The van der Waals surface area contributed by atoms with Crippen molar-refractivity contribution in [3.8, 4) is 0 Å². The average Bonchev–Trinajstić information content (AvgIpc) is 2.59. The summed E-state index contributed by atoms with van der Waals surface area (Å²) in [7, 11) is 0. The molecule has 0 aromatic heterocycles. The fourth-order valence-electron chi connectivity index (χ4n) is 2.83. The van der Waals surface area contributed by atoms with Gasteiger partial charge in [0, 0.05) is 14.6 Å². The molecule has 0 fully saturated rings. The molecule has 152 valence electrons. The molecular weight excluding hydrogens is 489 g/mol. The third kappa shape index (κ3) is 7.26. The molecule has 2 rings (SSSR count). The Labute approximate surface area is 186 Å². The van der Waals surface area contributed by atoms with Gasteiger partial charge in [-0.15, -0.1) is 0 Å². The average molecular weight is 516 g/mol. The second-order valence-electron chi connectivity index (χ2n) is 7.88. The Kier molecular flexibility index (Phi) is 8.16. The molecule has 0 saturated carbocycles. The van der Waals surface area contributed by atoms with Crippen molar-refractivity contribution in [3.05, 3.63) is 68.3 Å². The smallest absolute Gasteiger partial charge is 0.410 e. The van der Waals surface area contributed by atoms with E-state index in [0.717, 1.165) is 9.13 Å². The molecule has 0 bridgehead atoms. The molecule has 28 heavy (non-hydrogen) atoms. The van der Waals surface area contributed by atoms with Gasteiger partial charge in [0.25, 0.3) is 0 Å². The molecule has 1 amide bonds. The van der Waals surface area contributed by atoms with Crippen LogP contribution < -0.4 is 0 Å². The van der Waals surface area contributed by atoms with E-state index in [0.29, 0.717) is 17.0 Å². The largest absolute Gasteiger partial charge is 0.444 e. The van der Waals surface area contributed by atoms with E-state index in [1.165, 1.54) is 0 Å². The third-order valence-electron chi connectivity index (χ3n) is 4.21. The van der Waals surface area contributed by atoms with Gasteiger partial charge in [-0.2, -0.15) is 0 Å². The van der Waals surface area contributed by atoms with Gasteiger partial charge in [-0.1, -0.05) is 35.9 Å². The number of benzene rings is 2. The predicted molar refractivity (Wildman–Crippen MR) is 122 cm³/mol. The number of ether oxygens (including phenoxy) is 1. The summed E-state index contributed by atoms with van der Waals surface area (Å²) >= 11 is 8.31. The van der Waals surface area contributed by atoms with Gasteiger partial charge in [0.15, 0.2) is 0 Å². The Bertz CT molecular complexity index is 789. The molecule has 0 aliphatic heterocycles. The lowest BCUT2D eigenvalue weighted by Gasteiger charge is -2.33. The molecule has 2 aromatic carbocycles. The fourth-order valence-corrected chi connectivity index (χ4v) is 3.39. The zero-order chi connectivity index (χ0) is 20.9. The summed E-state index contributed by atoms with van der Waals surface area (Å²) in [6.07, 6.45) is -0.629. The lowest BCUT2D eigenvalue weighted by molar-refractivity contribution is 0.00548. The number of aliphatic hydroxyl groups is 1. The van der Waals surface area contributed by atoms with Gasteiger partial charge in [-0.25, -0.2) is 4.79 Å². The molecule has 0 heterocycles. The Morgan fingerprint density at radius 2 is 1.86 bits per heavy atom. The zero-order valence-electron chi connectivity index (χ0n) is 16.7. The Balaban J connectivity index is 2.20. The topological polar surface area (TPSA) is 49.8 Å². The highest BCUT2D eigenvalue weighted by molar-refractivity contribution is 14.1. The molecule has 6 heteroatoms. The van der Waals surface area contributed by atoms with E-state index in [2.05, 4.69) is 34.7 Å². The first-order valence-electron chi connectivity index (χ1n) is 9.23. The predicted octanol–water partition coefficient (Wildman–Crippen LogP) is 5.85. The number of carbonyl (C=O) groups is 1. The van der Waals surface area contributed by atoms with Crippen LogP contribution in [-0.4, -0.2) is 34.3 Å². The minimum absolute atomic E-state index is 0.126. The minimum Gasteiger partial charge on any atom is -0.444 e. The van der Waals surface area contributed by atoms with Gasteiger partial charge in [-0.05, 0) is 92.1 Å². The van der Waals surface area contributed by atoms with Crippen molar-refractivity contribution in [1.29, 1.82) is 0 Å². The number of hydrogen-bond acceptors (Lipinski definition) is 3. The first kappa shape index (κ1) is 23.0. The van der Waals surface area contributed by atoms with Gasteiger partial charge in [0.2, 0.25) is 0 Å². The maximum Gasteiger partial charge on any atom is 0.410 e. The molecule has 2 atom stereocenters. The van der Waals surface area contributed by atoms with E-state index < -0.39 is 17.8 Å². The van der Waals surface area contributed by atoms with Crippen molar-refractivity contribution in [2.75, 3.05) is 6.54 Å². The van der Waals surface area contributed by atoms with Gasteiger partial charge >= 0.3 is 6.09 Å². The van der Waals surface area contributed by atoms with Crippen LogP contribution in [0, 0.1) is 3.57 Å². The van der Waals surface area contributed by atoms with Crippen LogP contribution in [0.5, 0.6) is 0 Å². The number of amides is 1. The molecule has 0 aliphatic rings. The molecule has 0 unspecified atom stereocenters. The van der Waals surface area contributed by atoms with Gasteiger partial charge in [0.05, 0.1) is 12.6 Å². The molecule has 1 N–H and O–H groups in total. The van der Waals surface area contributed by atoms with Gasteiger partial charge in [-0.3, -0.25) is 0 Å². The van der Waals surface area contributed by atoms with Crippen LogP contribution in [-0.2, 0) is 11.2 Å². The van der Waals surface area contributed by atoms with E-state index in [4.69, 9.17) is 16.3 Å². The summed E-state index contributed by atoms with van der Waals surface area (Å²) in [6.45, 7) is 7.59. The summed E-state index contributed by atoms with van der Waals surface area (Å²) in [5.41, 5.74) is 1.18. The van der Waals surface area contributed by atoms with Crippen LogP contribution >= 0.6 is 34.2 Å². The summed E-state index contributed by atoms with van der Waals surface area (Å²) in [6, 6.07) is 15.1. The highest BCUT2D eigenvalue weighted by Gasteiger charge is 2.28. The standard InChI is InChI=1S/C22H27ClINO3/c1-15(12-16-8-10-19(24)11-9-16)25(21(27)28-22(2,3)4)14-20(26)17-6-5-7-18(23)13-17/h5-11,13,15,20,26H,12,14H2,1-4H3/t15-,20+/m1/s1. The Hall–Kier alpha value is -1.31. The number of nitrogens with zero attached hydrogens (tertiary/aromatic N) is 1. The number of halogens is 2. The van der Waals surface area contributed by atoms with Gasteiger partial charge in [0.1, 0.15) is 5.60 Å². The maximum absolute atomic E-state index is 12.8. The summed E-state index contributed by atoms with van der Waals surface area (Å²) in [4.78, 5) is 14.4. The van der Waals surface area contributed by atoms with E-state index >= 15 is 0 Å². The number of rotatable bonds is 6. The highest BCUT2D eigenvalue weighted by atomic mass is 127. The lowest BCUT2D eigenvalue weighted by atomic mass is 10.0. The second-order valence-corrected chi connectivity index (χ2v) is 9.57. The normalized spacial score (nSPS) is 13.7. The van der Waals surface area contributed by atoms with E-state index in [9.17, 15) is 9.90 Å². The molecular formula is C22H27ClINO3. The maximum atomic E-state index is 12.8. The van der Waals surface area contributed by atoms with E-state index in [-0.39, 0.29) is 12.6 Å². The monoisotopic (exact) mass is 515 g/mol. The van der Waals surface area contributed by atoms with Crippen molar-refractivity contribution >= 4 is 40.3 Å². The van der Waals surface area contributed by atoms with Crippen LogP contribution in [0.25, 0.3) is 0 Å². The third-order valence-corrected chi connectivity index (χ3v) is 5.16. The van der Waals surface area contributed by atoms with Crippen LogP contribution in [0.15, 0.2) is 48.5 Å². The van der Waals surface area contributed by atoms with Crippen LogP contribution in [0.3, 0.4) is 0 Å². The second kappa shape index (κ2) is 9.94. The van der Waals surface area contributed by atoms with Crippen molar-refractivity contribution < 1.29 is 14.6 Å². The van der Waals surface area contributed by atoms with Gasteiger partial charge < -0.3 is 14.7 Å². The summed E-state index contributed by atoms with van der Waals surface area (Å²) in [5, 5.41) is 11.3. The van der Waals surface area contributed by atoms with Crippen LogP contribution in [0.4, 0.5) is 4.79 Å². The molecule has 2 aromatic rings. The van der Waals surface area contributed by atoms with Crippen molar-refractivity contribution in [2.45, 2.75) is 51.9 Å². The Morgan fingerprint density at radius 1 is 1.21 bits per heavy atom.